The second kappa shape index (κ2) is 12.9. The molecule has 0 bridgehead atoms. The third-order valence-electron chi connectivity index (χ3n) is 5.20. The van der Waals surface area contributed by atoms with Crippen LogP contribution in [0.15, 0.2) is 48.5 Å². The Morgan fingerprint density at radius 1 is 0.969 bits per heavy atom. The van der Waals surface area contributed by atoms with Crippen LogP contribution in [-0.4, -0.2) is 30.5 Å². The molecule has 0 radical (unpaired) electrons. The Morgan fingerprint density at radius 3 is 2.38 bits per heavy atom. The largest absolute Gasteiger partial charge is 0.494 e. The monoisotopic (exact) mass is 472 g/mol. The predicted molar refractivity (Wildman–Crippen MR) is 118 cm³/mol. The molecule has 176 valence electrons. The molecule has 2 atom stereocenters. The number of benzene rings is 2. The summed E-state index contributed by atoms with van der Waals surface area (Å²) in [4.78, 5) is 0. The van der Waals surface area contributed by atoms with Crippen LogP contribution < -0.4 is 10.5 Å². The fourth-order valence-electron chi connectivity index (χ4n) is 3.28. The van der Waals surface area contributed by atoms with E-state index >= 15 is 0 Å². The molecule has 2 aromatic carbocycles. The molecule has 9 heteroatoms. The average molecular weight is 472 g/mol. The van der Waals surface area contributed by atoms with Crippen LogP contribution in [0.3, 0.4) is 0 Å². The number of aliphatic hydroxyl groups excluding tert-OH is 1. The summed E-state index contributed by atoms with van der Waals surface area (Å²) >= 11 is 0. The molecule has 5 nitrogen and oxygen atoms in total. The average Bonchev–Trinajstić information content (AvgIpc) is 2.79. The number of alkyl halides is 3. The van der Waals surface area contributed by atoms with Crippen molar-refractivity contribution in [3.05, 3.63) is 65.2 Å². The summed E-state index contributed by atoms with van der Waals surface area (Å²) in [6.07, 6.45) is -0.778. The summed E-state index contributed by atoms with van der Waals surface area (Å²) in [5.74, 6) is -0.193. The summed E-state index contributed by atoms with van der Waals surface area (Å²) < 4.78 is 61.4. The number of aryl methyl sites for hydroxylation is 2. The van der Waals surface area contributed by atoms with E-state index < -0.39 is 32.6 Å². The van der Waals surface area contributed by atoms with E-state index in [1.165, 1.54) is 11.6 Å². The molecule has 32 heavy (non-hydrogen) atoms. The Morgan fingerprint density at radius 2 is 1.72 bits per heavy atom. The van der Waals surface area contributed by atoms with Crippen molar-refractivity contribution < 1.29 is 32.1 Å². The molecule has 0 aliphatic rings. The molecule has 0 aliphatic carbocycles. The molecular formula is C23H30F3NO4P+. The van der Waals surface area contributed by atoms with Crippen molar-refractivity contribution >= 4 is 8.69 Å². The van der Waals surface area contributed by atoms with Gasteiger partial charge in [-0.1, -0.05) is 36.4 Å². The smallest absolute Gasteiger partial charge is 0.493 e. The van der Waals surface area contributed by atoms with Gasteiger partial charge in [0.25, 0.3) is 0 Å². The Balaban J connectivity index is 1.90. The lowest BCUT2D eigenvalue weighted by Gasteiger charge is -2.24. The molecule has 0 saturated carbocycles. The van der Waals surface area contributed by atoms with Gasteiger partial charge in [0.15, 0.2) is 0 Å². The fraction of sp³-hybridized carbons (Fsp3) is 0.478. The van der Waals surface area contributed by atoms with Gasteiger partial charge in [0, 0.05) is 0 Å². The van der Waals surface area contributed by atoms with Gasteiger partial charge in [0.1, 0.15) is 12.4 Å². The standard InChI is InChI=1S/C23H30F3NO4P/c24-23(25,26)20-15-19(12-13-22(27,16-28)17-31-32-29)10-11-21(20)30-14-6-2-5-9-18-7-3-1-4-8-18/h1,3-4,7-8,10-11,15,28,32H,2,5-6,9,12-14,16-17,27H2/q+1. The lowest BCUT2D eigenvalue weighted by atomic mass is 9.93. The molecular weight excluding hydrogens is 442 g/mol. The highest BCUT2D eigenvalue weighted by atomic mass is 31.1. The van der Waals surface area contributed by atoms with E-state index in [0.717, 1.165) is 25.3 Å². The van der Waals surface area contributed by atoms with Gasteiger partial charge in [-0.3, -0.25) is 0 Å². The van der Waals surface area contributed by atoms with Gasteiger partial charge < -0.3 is 15.6 Å². The molecule has 0 fully saturated rings. The van der Waals surface area contributed by atoms with E-state index in [0.29, 0.717) is 12.0 Å². The number of ether oxygens (including phenoxy) is 1. The van der Waals surface area contributed by atoms with E-state index in [2.05, 4.69) is 12.1 Å². The molecule has 3 N–H and O–H groups in total. The van der Waals surface area contributed by atoms with E-state index in [9.17, 15) is 22.8 Å². The molecule has 0 heterocycles. The first-order chi connectivity index (χ1) is 15.3. The normalized spacial score (nSPS) is 13.8. The van der Waals surface area contributed by atoms with Crippen molar-refractivity contribution in [3.8, 4) is 5.75 Å². The van der Waals surface area contributed by atoms with Gasteiger partial charge in [0.05, 0.1) is 24.3 Å². The van der Waals surface area contributed by atoms with Crippen molar-refractivity contribution in [2.24, 2.45) is 5.73 Å². The number of halogens is 3. The number of hydrogen-bond acceptors (Lipinski definition) is 5. The Bertz CT molecular complexity index is 836. The van der Waals surface area contributed by atoms with Crippen LogP contribution in [0.1, 0.15) is 42.4 Å². The molecule has 0 saturated heterocycles. The van der Waals surface area contributed by atoms with Gasteiger partial charge >= 0.3 is 14.9 Å². The summed E-state index contributed by atoms with van der Waals surface area (Å²) in [6, 6.07) is 14.0. The maximum Gasteiger partial charge on any atom is 0.494 e. The molecule has 0 aromatic heterocycles. The first-order valence-electron chi connectivity index (χ1n) is 10.5. The molecule has 2 aromatic rings. The van der Waals surface area contributed by atoms with Gasteiger partial charge in [-0.2, -0.15) is 13.2 Å². The van der Waals surface area contributed by atoms with Crippen molar-refractivity contribution in [3.63, 3.8) is 0 Å². The summed E-state index contributed by atoms with van der Waals surface area (Å²) in [7, 11) is -1.02. The van der Waals surface area contributed by atoms with Crippen LogP contribution in [0.2, 0.25) is 0 Å². The van der Waals surface area contributed by atoms with E-state index in [1.54, 1.807) is 6.07 Å². The summed E-state index contributed by atoms with van der Waals surface area (Å²) in [5, 5.41) is 9.44. The molecule has 0 amide bonds. The Labute approximate surface area is 188 Å². The second-order valence-corrected chi connectivity index (χ2v) is 8.32. The number of rotatable bonds is 14. The van der Waals surface area contributed by atoms with Crippen LogP contribution in [0, 0.1) is 0 Å². The lowest BCUT2D eigenvalue weighted by molar-refractivity contribution is -0.139. The maximum absolute atomic E-state index is 13.6. The zero-order chi connectivity index (χ0) is 23.5. The van der Waals surface area contributed by atoms with E-state index in [-0.39, 0.29) is 31.8 Å². The van der Waals surface area contributed by atoms with Crippen molar-refractivity contribution in [2.45, 2.75) is 50.2 Å². The minimum atomic E-state index is -4.55. The minimum Gasteiger partial charge on any atom is -0.493 e. The number of unbranched alkanes of at least 4 members (excludes halogenated alkanes) is 2. The SMILES string of the molecule is NC(CO)(CCc1ccc(OCCCCCc2ccccc2)c(C(F)(F)F)c1)CO[PH+]=O. The fourth-order valence-corrected chi connectivity index (χ4v) is 3.62. The van der Waals surface area contributed by atoms with E-state index in [4.69, 9.17) is 15.0 Å². The first kappa shape index (κ1) is 26.3. The third-order valence-corrected chi connectivity index (χ3v) is 5.47. The second-order valence-electron chi connectivity index (χ2n) is 7.87. The van der Waals surface area contributed by atoms with Gasteiger partial charge in [-0.05, 0) is 66.3 Å². The Kier molecular flexibility index (Phi) is 10.6. The number of aliphatic hydroxyl groups is 1. The van der Waals surface area contributed by atoms with Crippen LogP contribution in [0.4, 0.5) is 13.2 Å². The maximum atomic E-state index is 13.6. The lowest BCUT2D eigenvalue weighted by Crippen LogP contribution is -2.47. The molecule has 2 unspecified atom stereocenters. The van der Waals surface area contributed by atoms with E-state index in [1.807, 2.05) is 18.2 Å². The van der Waals surface area contributed by atoms with Crippen LogP contribution in [0.25, 0.3) is 0 Å². The number of nitrogens with two attached hydrogens (primary N) is 1. The highest BCUT2D eigenvalue weighted by Crippen LogP contribution is 2.37. The van der Waals surface area contributed by atoms with Crippen LogP contribution in [0.5, 0.6) is 5.75 Å². The zero-order valence-corrected chi connectivity index (χ0v) is 18.9. The summed E-state index contributed by atoms with van der Waals surface area (Å²) in [6.45, 7) is -0.376. The van der Waals surface area contributed by atoms with Gasteiger partial charge in [-0.15, -0.1) is 4.52 Å². The topological polar surface area (TPSA) is 81.8 Å². The van der Waals surface area contributed by atoms with Crippen molar-refractivity contribution in [1.82, 2.24) is 0 Å². The van der Waals surface area contributed by atoms with Crippen LogP contribution >= 0.6 is 8.69 Å². The highest BCUT2D eigenvalue weighted by Gasteiger charge is 2.35. The van der Waals surface area contributed by atoms with Crippen molar-refractivity contribution in [1.29, 1.82) is 0 Å². The summed E-state index contributed by atoms with van der Waals surface area (Å²) in [5.41, 5.74) is 5.62. The minimum absolute atomic E-state index is 0.150. The zero-order valence-electron chi connectivity index (χ0n) is 17.9. The molecule has 0 spiro atoms. The Hall–Kier alpha value is -1.99. The third kappa shape index (κ3) is 8.87. The van der Waals surface area contributed by atoms with Gasteiger partial charge in [0.2, 0.25) is 0 Å². The highest BCUT2D eigenvalue weighted by molar-refractivity contribution is 7.17. The van der Waals surface area contributed by atoms with Crippen LogP contribution in [-0.2, 0) is 28.1 Å². The van der Waals surface area contributed by atoms with Gasteiger partial charge in [-0.25, -0.2) is 0 Å². The molecule has 0 aliphatic heterocycles. The number of hydrogen-bond donors (Lipinski definition) is 2. The quantitative estimate of drug-likeness (QED) is 0.296. The predicted octanol–water partition coefficient (Wildman–Crippen LogP) is 5.08. The molecule has 2 rings (SSSR count). The van der Waals surface area contributed by atoms with Crippen molar-refractivity contribution in [2.75, 3.05) is 19.8 Å². The first-order valence-corrected chi connectivity index (χ1v) is 11.3.